The molecule has 7 nitrogen and oxygen atoms in total. The van der Waals surface area contributed by atoms with E-state index in [4.69, 9.17) is 9.47 Å². The summed E-state index contributed by atoms with van der Waals surface area (Å²) in [6, 6.07) is 2.89. The number of aromatic amines is 1. The molecular formula is C17H25N3O4. The summed E-state index contributed by atoms with van der Waals surface area (Å²) in [5.74, 6) is -0.0747. The molecule has 2 rings (SSSR count). The highest BCUT2D eigenvalue weighted by Crippen LogP contribution is 2.13. The van der Waals surface area contributed by atoms with Gasteiger partial charge in [-0.1, -0.05) is 11.6 Å². The highest BCUT2D eigenvalue weighted by molar-refractivity contribution is 5.76. The summed E-state index contributed by atoms with van der Waals surface area (Å²) in [7, 11) is 0. The molecule has 1 aromatic heterocycles. The van der Waals surface area contributed by atoms with Crippen LogP contribution < -0.4 is 10.9 Å². The number of nitrogens with zero attached hydrogens (tertiary/aromatic N) is 1. The van der Waals surface area contributed by atoms with E-state index in [2.05, 4.69) is 15.5 Å². The van der Waals surface area contributed by atoms with E-state index in [9.17, 15) is 9.59 Å². The summed E-state index contributed by atoms with van der Waals surface area (Å²) in [6.45, 7) is 5.70. The molecule has 1 aromatic rings. The van der Waals surface area contributed by atoms with Gasteiger partial charge in [0, 0.05) is 25.5 Å². The molecule has 0 saturated carbocycles. The van der Waals surface area contributed by atoms with Crippen LogP contribution in [-0.4, -0.2) is 48.1 Å². The van der Waals surface area contributed by atoms with E-state index < -0.39 is 0 Å². The maximum absolute atomic E-state index is 12.1. The number of aryl methyl sites for hydroxylation is 1. The maximum atomic E-state index is 12.1. The number of ether oxygens (including phenoxy) is 2. The molecule has 24 heavy (non-hydrogen) atoms. The van der Waals surface area contributed by atoms with E-state index in [1.54, 1.807) is 6.07 Å². The fourth-order valence-corrected chi connectivity index (χ4v) is 2.42. The van der Waals surface area contributed by atoms with Gasteiger partial charge in [-0.3, -0.25) is 9.59 Å². The smallest absolute Gasteiger partial charge is 0.264 e. The molecule has 1 fully saturated rings. The quantitative estimate of drug-likeness (QED) is 0.724. The monoisotopic (exact) mass is 335 g/mol. The number of H-pyrrole nitrogens is 1. The topological polar surface area (TPSA) is 93.3 Å². The fraction of sp³-hybridized carbons (Fsp3) is 0.588. The van der Waals surface area contributed by atoms with Crippen LogP contribution in [0.2, 0.25) is 0 Å². The van der Waals surface area contributed by atoms with Gasteiger partial charge < -0.3 is 14.8 Å². The lowest BCUT2D eigenvalue weighted by molar-refractivity contribution is -0.125. The van der Waals surface area contributed by atoms with Gasteiger partial charge in [-0.2, -0.15) is 5.10 Å². The van der Waals surface area contributed by atoms with E-state index in [1.807, 2.05) is 19.9 Å². The zero-order valence-electron chi connectivity index (χ0n) is 14.2. The first-order valence-corrected chi connectivity index (χ1v) is 8.21. The van der Waals surface area contributed by atoms with Crippen molar-refractivity contribution in [3.63, 3.8) is 0 Å². The van der Waals surface area contributed by atoms with Crippen LogP contribution in [0.5, 0.6) is 0 Å². The van der Waals surface area contributed by atoms with Gasteiger partial charge in [-0.25, -0.2) is 5.10 Å². The Bertz CT molecular complexity index is 602. The van der Waals surface area contributed by atoms with Gasteiger partial charge in [-0.05, 0) is 26.3 Å². The Morgan fingerprint density at radius 3 is 3.04 bits per heavy atom. The van der Waals surface area contributed by atoms with Crippen LogP contribution >= 0.6 is 0 Å². The summed E-state index contributed by atoms with van der Waals surface area (Å²) in [6.07, 6.45) is 3.53. The van der Waals surface area contributed by atoms with Crippen molar-refractivity contribution in [2.75, 3.05) is 19.8 Å². The number of aromatic nitrogens is 2. The highest BCUT2D eigenvalue weighted by Gasteiger charge is 2.27. The molecule has 2 heterocycles. The van der Waals surface area contributed by atoms with E-state index >= 15 is 0 Å². The van der Waals surface area contributed by atoms with Crippen LogP contribution in [0.25, 0.3) is 0 Å². The molecule has 1 saturated heterocycles. The molecule has 1 aliphatic heterocycles. The maximum Gasteiger partial charge on any atom is 0.264 e. The molecule has 132 valence electrons. The minimum atomic E-state index is -0.251. The molecule has 1 aliphatic rings. The van der Waals surface area contributed by atoms with E-state index in [1.165, 1.54) is 11.6 Å². The van der Waals surface area contributed by atoms with Gasteiger partial charge in [0.1, 0.15) is 0 Å². The van der Waals surface area contributed by atoms with Crippen LogP contribution in [0.15, 0.2) is 28.6 Å². The zero-order valence-corrected chi connectivity index (χ0v) is 14.2. The number of nitrogens with one attached hydrogen (secondary N) is 2. The molecule has 0 bridgehead atoms. The van der Waals surface area contributed by atoms with Gasteiger partial charge >= 0.3 is 0 Å². The summed E-state index contributed by atoms with van der Waals surface area (Å²) < 4.78 is 11.3. The molecular weight excluding hydrogens is 310 g/mol. The fourth-order valence-electron chi connectivity index (χ4n) is 2.42. The van der Waals surface area contributed by atoms with E-state index in [-0.39, 0.29) is 23.6 Å². The standard InChI is InChI=1S/C17H25N3O4/c1-12(2)7-10-24-15-8-9-23-11-14(15)18-16(21)5-3-13-4-6-17(22)20-19-13/h4,6-7,14-15H,3,5,8-11H2,1-2H3,(H,18,21)(H,20,22)/t14-,15+/m0/s1. The Labute approximate surface area is 141 Å². The largest absolute Gasteiger partial charge is 0.379 e. The molecule has 7 heteroatoms. The number of carbonyl (C=O) groups excluding carboxylic acids is 1. The summed E-state index contributed by atoms with van der Waals surface area (Å²) in [4.78, 5) is 23.1. The zero-order chi connectivity index (χ0) is 17.4. The van der Waals surface area contributed by atoms with Crippen molar-refractivity contribution in [2.24, 2.45) is 0 Å². The molecule has 0 radical (unpaired) electrons. The molecule has 0 unspecified atom stereocenters. The second-order valence-electron chi connectivity index (χ2n) is 6.10. The molecule has 0 aromatic carbocycles. The first kappa shape index (κ1) is 18.4. The number of hydrogen-bond acceptors (Lipinski definition) is 5. The number of carbonyl (C=O) groups is 1. The molecule has 2 N–H and O–H groups in total. The second kappa shape index (κ2) is 9.34. The summed E-state index contributed by atoms with van der Waals surface area (Å²) >= 11 is 0. The van der Waals surface area contributed by atoms with Crippen molar-refractivity contribution in [1.82, 2.24) is 15.5 Å². The molecule has 0 aliphatic carbocycles. The molecule has 1 amide bonds. The Morgan fingerprint density at radius 2 is 2.33 bits per heavy atom. The predicted molar refractivity (Wildman–Crippen MR) is 89.7 cm³/mol. The van der Waals surface area contributed by atoms with Crippen LogP contribution in [-0.2, 0) is 20.7 Å². The van der Waals surface area contributed by atoms with Crippen molar-refractivity contribution in [1.29, 1.82) is 0 Å². The first-order valence-electron chi connectivity index (χ1n) is 8.21. The lowest BCUT2D eigenvalue weighted by Gasteiger charge is -2.31. The van der Waals surface area contributed by atoms with Crippen molar-refractivity contribution in [2.45, 2.75) is 45.3 Å². The Hall–Kier alpha value is -1.99. The second-order valence-corrected chi connectivity index (χ2v) is 6.10. The first-order chi connectivity index (χ1) is 11.5. The summed E-state index contributed by atoms with van der Waals surface area (Å²) in [5, 5.41) is 9.24. The average molecular weight is 335 g/mol. The van der Waals surface area contributed by atoms with Gasteiger partial charge in [0.25, 0.3) is 5.56 Å². The van der Waals surface area contributed by atoms with Crippen LogP contribution in [0.4, 0.5) is 0 Å². The number of allylic oxidation sites excluding steroid dienone is 1. The van der Waals surface area contributed by atoms with Crippen LogP contribution in [0.3, 0.4) is 0 Å². The number of amides is 1. The minimum Gasteiger partial charge on any atom is -0.379 e. The molecule has 0 spiro atoms. The van der Waals surface area contributed by atoms with Crippen molar-refractivity contribution in [3.05, 3.63) is 39.8 Å². The Kier molecular flexibility index (Phi) is 7.14. The van der Waals surface area contributed by atoms with E-state index in [0.29, 0.717) is 38.4 Å². The van der Waals surface area contributed by atoms with Gasteiger partial charge in [0.15, 0.2) is 0 Å². The number of hydrogen-bond donors (Lipinski definition) is 2. The van der Waals surface area contributed by atoms with Gasteiger partial charge in [0.05, 0.1) is 31.1 Å². The highest BCUT2D eigenvalue weighted by atomic mass is 16.5. The van der Waals surface area contributed by atoms with Crippen molar-refractivity contribution in [3.8, 4) is 0 Å². The van der Waals surface area contributed by atoms with Crippen LogP contribution in [0, 0.1) is 0 Å². The predicted octanol–water partition coefficient (Wildman–Crippen LogP) is 0.959. The van der Waals surface area contributed by atoms with E-state index in [0.717, 1.165) is 6.42 Å². The van der Waals surface area contributed by atoms with Gasteiger partial charge in [-0.15, -0.1) is 0 Å². The number of rotatable bonds is 7. The normalized spacial score (nSPS) is 20.4. The third kappa shape index (κ3) is 6.25. The van der Waals surface area contributed by atoms with Crippen molar-refractivity contribution < 1.29 is 14.3 Å². The third-order valence-electron chi connectivity index (χ3n) is 3.79. The average Bonchev–Trinajstić information content (AvgIpc) is 2.55. The lowest BCUT2D eigenvalue weighted by Crippen LogP contribution is -2.50. The third-order valence-corrected chi connectivity index (χ3v) is 3.79. The molecule has 2 atom stereocenters. The Balaban J connectivity index is 1.80. The van der Waals surface area contributed by atoms with Gasteiger partial charge in [0.2, 0.25) is 5.91 Å². The SMILES string of the molecule is CC(C)=CCO[C@@H]1CCOC[C@@H]1NC(=O)CCc1ccc(=O)[nH]n1. The van der Waals surface area contributed by atoms with Crippen molar-refractivity contribution >= 4 is 5.91 Å². The summed E-state index contributed by atoms with van der Waals surface area (Å²) in [5.41, 5.74) is 1.64. The minimum absolute atomic E-state index is 0.0375. The van der Waals surface area contributed by atoms with Crippen LogP contribution in [0.1, 0.15) is 32.4 Å². The lowest BCUT2D eigenvalue weighted by atomic mass is 10.1. The Morgan fingerprint density at radius 1 is 1.50 bits per heavy atom.